The maximum absolute atomic E-state index is 12.2. The molecule has 1 N–H and O–H groups in total. The number of hydrogen-bond donors (Lipinski definition) is 1. The van der Waals surface area contributed by atoms with Crippen LogP contribution in [0.3, 0.4) is 0 Å². The van der Waals surface area contributed by atoms with E-state index in [1.54, 1.807) is 30.3 Å². The normalized spacial score (nSPS) is 10.6. The molecule has 3 rings (SSSR count). The number of nitrogens with one attached hydrogen (secondary N) is 1. The van der Waals surface area contributed by atoms with Crippen LogP contribution in [-0.2, 0) is 6.42 Å². The van der Waals surface area contributed by atoms with Gasteiger partial charge in [0, 0.05) is 29.1 Å². The molecule has 0 fully saturated rings. The number of carbonyl (C=O) groups excluding carboxylic acids is 1. The predicted octanol–water partition coefficient (Wildman–Crippen LogP) is 4.02. The van der Waals surface area contributed by atoms with Crippen LogP contribution in [0.15, 0.2) is 47.0 Å². The van der Waals surface area contributed by atoms with Crippen LogP contribution >= 0.6 is 23.2 Å². The monoisotopic (exact) mass is 391 g/mol. The largest absolute Gasteiger partial charge is 0.495 e. The Balaban J connectivity index is 1.57. The van der Waals surface area contributed by atoms with E-state index in [9.17, 15) is 4.79 Å². The van der Waals surface area contributed by atoms with E-state index in [-0.39, 0.29) is 5.91 Å². The van der Waals surface area contributed by atoms with E-state index in [0.29, 0.717) is 46.0 Å². The van der Waals surface area contributed by atoms with E-state index in [2.05, 4.69) is 15.5 Å². The predicted molar refractivity (Wildman–Crippen MR) is 98.8 cm³/mol. The third-order valence-corrected chi connectivity index (χ3v) is 4.12. The van der Waals surface area contributed by atoms with Crippen molar-refractivity contribution in [3.05, 3.63) is 64.0 Å². The first kappa shape index (κ1) is 18.2. The van der Waals surface area contributed by atoms with Crippen LogP contribution < -0.4 is 10.1 Å². The van der Waals surface area contributed by atoms with Crippen LogP contribution in [0, 0.1) is 0 Å². The van der Waals surface area contributed by atoms with Crippen LogP contribution in [0.4, 0.5) is 0 Å². The highest BCUT2D eigenvalue weighted by Gasteiger charge is 2.11. The van der Waals surface area contributed by atoms with Crippen LogP contribution in [0.2, 0.25) is 10.0 Å². The van der Waals surface area contributed by atoms with Crippen LogP contribution in [-0.4, -0.2) is 29.7 Å². The summed E-state index contributed by atoms with van der Waals surface area (Å²) in [5.41, 5.74) is 1.21. The van der Waals surface area contributed by atoms with Crippen molar-refractivity contribution in [1.82, 2.24) is 15.5 Å². The van der Waals surface area contributed by atoms with Crippen molar-refractivity contribution in [3.63, 3.8) is 0 Å². The van der Waals surface area contributed by atoms with Crippen molar-refractivity contribution in [2.45, 2.75) is 6.42 Å². The van der Waals surface area contributed by atoms with Gasteiger partial charge in [-0.3, -0.25) is 4.79 Å². The molecule has 0 aliphatic carbocycles. The molecule has 26 heavy (non-hydrogen) atoms. The van der Waals surface area contributed by atoms with Crippen molar-refractivity contribution in [3.8, 4) is 17.1 Å². The van der Waals surface area contributed by atoms with Crippen molar-refractivity contribution >= 4 is 29.1 Å². The minimum Gasteiger partial charge on any atom is -0.495 e. The third-order valence-electron chi connectivity index (χ3n) is 3.59. The van der Waals surface area contributed by atoms with E-state index >= 15 is 0 Å². The number of methoxy groups -OCH3 is 1. The van der Waals surface area contributed by atoms with Crippen LogP contribution in [0.1, 0.15) is 16.2 Å². The van der Waals surface area contributed by atoms with Gasteiger partial charge in [0.1, 0.15) is 5.75 Å². The molecule has 0 atom stereocenters. The Labute approximate surface area is 160 Å². The topological polar surface area (TPSA) is 77.2 Å². The Kier molecular flexibility index (Phi) is 5.75. The van der Waals surface area contributed by atoms with Gasteiger partial charge >= 0.3 is 0 Å². The molecule has 6 nitrogen and oxygen atoms in total. The fourth-order valence-electron chi connectivity index (χ4n) is 2.29. The quantitative estimate of drug-likeness (QED) is 0.686. The molecule has 3 aromatic rings. The molecule has 0 spiro atoms. The molecular formula is C18H15Cl2N3O3. The lowest BCUT2D eigenvalue weighted by molar-refractivity contribution is 0.0953. The number of hydrogen-bond acceptors (Lipinski definition) is 5. The summed E-state index contributed by atoms with van der Waals surface area (Å²) >= 11 is 12.0. The smallest absolute Gasteiger partial charge is 0.251 e. The van der Waals surface area contributed by atoms with E-state index in [4.69, 9.17) is 32.5 Å². The summed E-state index contributed by atoms with van der Waals surface area (Å²) in [6, 6.07) is 12.0. The highest BCUT2D eigenvalue weighted by Crippen LogP contribution is 2.25. The minimum absolute atomic E-state index is 0.246. The molecule has 2 aromatic carbocycles. The first-order valence-electron chi connectivity index (χ1n) is 7.77. The minimum atomic E-state index is -0.246. The fourth-order valence-corrected chi connectivity index (χ4v) is 2.74. The second kappa shape index (κ2) is 8.21. The lowest BCUT2D eigenvalue weighted by Gasteiger charge is -2.06. The van der Waals surface area contributed by atoms with Crippen molar-refractivity contribution < 1.29 is 14.1 Å². The molecule has 0 bridgehead atoms. The number of halogens is 2. The maximum atomic E-state index is 12.2. The Hall–Kier alpha value is -2.57. The summed E-state index contributed by atoms with van der Waals surface area (Å²) in [6.07, 6.45) is 0.406. The molecule has 0 unspecified atom stereocenters. The summed E-state index contributed by atoms with van der Waals surface area (Å²) in [7, 11) is 1.52. The van der Waals surface area contributed by atoms with Gasteiger partial charge in [0.25, 0.3) is 5.91 Å². The van der Waals surface area contributed by atoms with Crippen molar-refractivity contribution in [2.75, 3.05) is 13.7 Å². The number of ether oxygens (including phenoxy) is 1. The van der Waals surface area contributed by atoms with E-state index in [1.807, 2.05) is 12.1 Å². The number of carbonyl (C=O) groups is 1. The van der Waals surface area contributed by atoms with Crippen molar-refractivity contribution in [1.29, 1.82) is 0 Å². The van der Waals surface area contributed by atoms with Gasteiger partial charge in [-0.2, -0.15) is 4.98 Å². The first-order valence-corrected chi connectivity index (χ1v) is 8.52. The second-order valence-corrected chi connectivity index (χ2v) is 6.22. The van der Waals surface area contributed by atoms with E-state index < -0.39 is 0 Å². The van der Waals surface area contributed by atoms with Gasteiger partial charge < -0.3 is 14.6 Å². The Bertz CT molecular complexity index is 928. The molecule has 8 heteroatoms. The SMILES string of the molecule is COc1ccc(C(=O)NCCc2nc(-c3cccc(Cl)c3)no2)cc1Cl. The highest BCUT2D eigenvalue weighted by molar-refractivity contribution is 6.32. The number of rotatable bonds is 6. The molecule has 1 aromatic heterocycles. The van der Waals surface area contributed by atoms with Crippen molar-refractivity contribution in [2.24, 2.45) is 0 Å². The highest BCUT2D eigenvalue weighted by atomic mass is 35.5. The molecule has 134 valence electrons. The number of aromatic nitrogens is 2. The number of benzene rings is 2. The van der Waals surface area contributed by atoms with Gasteiger partial charge in [0.15, 0.2) is 0 Å². The lowest BCUT2D eigenvalue weighted by Crippen LogP contribution is -2.25. The average molecular weight is 392 g/mol. The van der Waals surface area contributed by atoms with E-state index in [0.717, 1.165) is 5.56 Å². The zero-order valence-electron chi connectivity index (χ0n) is 13.8. The zero-order valence-corrected chi connectivity index (χ0v) is 15.3. The molecular weight excluding hydrogens is 377 g/mol. The fraction of sp³-hybridized carbons (Fsp3) is 0.167. The summed E-state index contributed by atoms with van der Waals surface area (Å²) in [4.78, 5) is 16.5. The van der Waals surface area contributed by atoms with E-state index in [1.165, 1.54) is 7.11 Å². The van der Waals surface area contributed by atoms with Gasteiger partial charge in [-0.1, -0.05) is 40.5 Å². The third kappa shape index (κ3) is 4.33. The summed E-state index contributed by atoms with van der Waals surface area (Å²) in [5.74, 6) is 1.15. The van der Waals surface area contributed by atoms with Gasteiger partial charge in [-0.05, 0) is 30.3 Å². The molecule has 1 amide bonds. The maximum Gasteiger partial charge on any atom is 0.251 e. The molecule has 0 saturated heterocycles. The summed E-state index contributed by atoms with van der Waals surface area (Å²) in [6.45, 7) is 0.347. The lowest BCUT2D eigenvalue weighted by atomic mass is 10.2. The van der Waals surface area contributed by atoms with Gasteiger partial charge in [0.2, 0.25) is 11.7 Å². The zero-order chi connectivity index (χ0) is 18.5. The van der Waals surface area contributed by atoms with Gasteiger partial charge in [0.05, 0.1) is 12.1 Å². The molecule has 1 heterocycles. The Morgan fingerprint density at radius 2 is 2.08 bits per heavy atom. The molecule has 0 radical (unpaired) electrons. The average Bonchev–Trinajstić information content (AvgIpc) is 3.10. The first-order chi connectivity index (χ1) is 12.6. The molecule has 0 aliphatic heterocycles. The van der Waals surface area contributed by atoms with Crippen LogP contribution in [0.5, 0.6) is 5.75 Å². The Morgan fingerprint density at radius 3 is 2.81 bits per heavy atom. The van der Waals surface area contributed by atoms with Gasteiger partial charge in [-0.15, -0.1) is 0 Å². The summed E-state index contributed by atoms with van der Waals surface area (Å²) < 4.78 is 10.3. The molecule has 0 aliphatic rings. The number of amides is 1. The standard InChI is InChI=1S/C18H15Cl2N3O3/c1-25-15-6-5-12(10-14(15)20)18(24)21-8-7-16-22-17(23-26-16)11-3-2-4-13(19)9-11/h2-6,9-10H,7-8H2,1H3,(H,21,24). The second-order valence-electron chi connectivity index (χ2n) is 5.38. The Morgan fingerprint density at radius 1 is 1.23 bits per heavy atom. The van der Waals surface area contributed by atoms with Crippen LogP contribution in [0.25, 0.3) is 11.4 Å². The summed E-state index contributed by atoms with van der Waals surface area (Å²) in [5, 5.41) is 7.68. The van der Waals surface area contributed by atoms with Gasteiger partial charge in [-0.25, -0.2) is 0 Å². The molecule has 0 saturated carbocycles. The number of nitrogens with zero attached hydrogens (tertiary/aromatic N) is 2.